The number of halogens is 1. The lowest BCUT2D eigenvalue weighted by Gasteiger charge is -2.29. The van der Waals surface area contributed by atoms with Gasteiger partial charge in [-0.1, -0.05) is 24.3 Å². The van der Waals surface area contributed by atoms with Crippen molar-refractivity contribution in [1.29, 1.82) is 0 Å². The highest BCUT2D eigenvalue weighted by atomic mass is 32.2. The van der Waals surface area contributed by atoms with Gasteiger partial charge >= 0.3 is 0 Å². The molecule has 3 aromatic rings. The molecule has 0 saturated heterocycles. The topological polar surface area (TPSA) is 95.9 Å². The summed E-state index contributed by atoms with van der Waals surface area (Å²) in [5.74, 6) is -0.806. The molecule has 4 rings (SSSR count). The number of methoxy groups -OCH3 is 1. The van der Waals surface area contributed by atoms with Gasteiger partial charge in [-0.05, 0) is 47.9 Å². The zero-order chi connectivity index (χ0) is 23.0. The lowest BCUT2D eigenvalue weighted by Crippen LogP contribution is -2.37. The molecule has 0 saturated carbocycles. The number of phenolic OH excluding ortho intramolecular Hbond substituents is 1. The zero-order valence-electron chi connectivity index (χ0n) is 17.4. The molecule has 0 radical (unpaired) electrons. The number of carbonyl (C=O) groups is 1. The number of benzene rings is 3. The fourth-order valence-electron chi connectivity index (χ4n) is 3.82. The smallest absolute Gasteiger partial charge is 0.258 e. The number of anilines is 2. The first kappa shape index (κ1) is 21.6. The van der Waals surface area contributed by atoms with Crippen molar-refractivity contribution in [2.75, 3.05) is 29.5 Å². The number of aromatic hydroxyl groups is 1. The van der Waals surface area contributed by atoms with Crippen LogP contribution in [0, 0.1) is 5.82 Å². The van der Waals surface area contributed by atoms with Crippen LogP contribution in [-0.4, -0.2) is 39.3 Å². The highest BCUT2D eigenvalue weighted by Crippen LogP contribution is 2.36. The zero-order valence-corrected chi connectivity index (χ0v) is 18.2. The first-order valence-corrected chi connectivity index (χ1v) is 11.7. The van der Waals surface area contributed by atoms with Crippen molar-refractivity contribution in [3.05, 3.63) is 71.5 Å². The van der Waals surface area contributed by atoms with E-state index < -0.39 is 15.8 Å². The van der Waals surface area contributed by atoms with Crippen LogP contribution in [0.3, 0.4) is 0 Å². The van der Waals surface area contributed by atoms with Crippen LogP contribution >= 0.6 is 0 Å². The Balaban J connectivity index is 1.67. The summed E-state index contributed by atoms with van der Waals surface area (Å²) in [7, 11) is -2.19. The van der Waals surface area contributed by atoms with E-state index in [1.165, 1.54) is 30.2 Å². The Morgan fingerprint density at radius 3 is 2.59 bits per heavy atom. The predicted molar refractivity (Wildman–Crippen MR) is 120 cm³/mol. The van der Waals surface area contributed by atoms with Gasteiger partial charge in [-0.2, -0.15) is 0 Å². The number of carbonyl (C=O) groups excluding carboxylic acids is 1. The van der Waals surface area contributed by atoms with E-state index in [0.29, 0.717) is 29.8 Å². The average molecular weight is 456 g/mol. The molecule has 1 heterocycles. The molecule has 32 heavy (non-hydrogen) atoms. The molecule has 9 heteroatoms. The number of sulfonamides is 1. The molecule has 0 aromatic heterocycles. The summed E-state index contributed by atoms with van der Waals surface area (Å²) in [4.78, 5) is 14.7. The van der Waals surface area contributed by atoms with Gasteiger partial charge in [-0.25, -0.2) is 12.8 Å². The summed E-state index contributed by atoms with van der Waals surface area (Å²) < 4.78 is 44.6. The molecule has 0 spiro atoms. The number of ether oxygens (including phenoxy) is 1. The molecule has 166 valence electrons. The van der Waals surface area contributed by atoms with Crippen molar-refractivity contribution in [2.24, 2.45) is 0 Å². The van der Waals surface area contributed by atoms with Gasteiger partial charge < -0.3 is 14.7 Å². The summed E-state index contributed by atoms with van der Waals surface area (Å²) in [5.41, 5.74) is 3.12. The van der Waals surface area contributed by atoms with Crippen LogP contribution in [0.5, 0.6) is 11.5 Å². The first-order chi connectivity index (χ1) is 15.2. The maximum absolute atomic E-state index is 14.1. The molecule has 1 amide bonds. The van der Waals surface area contributed by atoms with Gasteiger partial charge in [0.25, 0.3) is 5.91 Å². The van der Waals surface area contributed by atoms with E-state index in [0.717, 1.165) is 17.4 Å². The van der Waals surface area contributed by atoms with Crippen LogP contribution in [0.4, 0.5) is 15.8 Å². The molecule has 0 unspecified atom stereocenters. The van der Waals surface area contributed by atoms with Crippen LogP contribution in [-0.2, 0) is 16.4 Å². The van der Waals surface area contributed by atoms with Crippen LogP contribution in [0.1, 0.15) is 15.9 Å². The van der Waals surface area contributed by atoms with Gasteiger partial charge in [0, 0.05) is 23.4 Å². The van der Waals surface area contributed by atoms with Crippen molar-refractivity contribution in [1.82, 2.24) is 0 Å². The second-order valence-electron chi connectivity index (χ2n) is 7.48. The third kappa shape index (κ3) is 4.11. The number of amides is 1. The number of nitrogens with zero attached hydrogens (tertiary/aromatic N) is 1. The Morgan fingerprint density at radius 1 is 1.09 bits per heavy atom. The molecule has 1 aliphatic heterocycles. The fraction of sp³-hybridized carbons (Fsp3) is 0.174. The third-order valence-corrected chi connectivity index (χ3v) is 5.85. The SMILES string of the molecule is COc1c(F)cccc1-c1ccc2c(c1)CCN(c1ccc(O)c(NS(C)(=O)=O)c1)C2=O. The van der Waals surface area contributed by atoms with E-state index in [4.69, 9.17) is 4.74 Å². The lowest BCUT2D eigenvalue weighted by atomic mass is 9.93. The van der Waals surface area contributed by atoms with Gasteiger partial charge in [-0.3, -0.25) is 9.52 Å². The monoisotopic (exact) mass is 456 g/mol. The molecule has 7 nitrogen and oxygen atoms in total. The minimum absolute atomic E-state index is 0.00264. The number of hydrogen-bond donors (Lipinski definition) is 2. The van der Waals surface area contributed by atoms with Crippen molar-refractivity contribution < 1.29 is 27.4 Å². The summed E-state index contributed by atoms with van der Waals surface area (Å²) in [6, 6.07) is 14.3. The Kier molecular flexibility index (Phi) is 5.52. The molecule has 0 bridgehead atoms. The summed E-state index contributed by atoms with van der Waals surface area (Å²) >= 11 is 0. The Bertz CT molecular complexity index is 1320. The maximum atomic E-state index is 14.1. The summed E-state index contributed by atoms with van der Waals surface area (Å²) in [6.45, 7) is 0.360. The minimum atomic E-state index is -3.60. The second-order valence-corrected chi connectivity index (χ2v) is 9.22. The molecule has 0 atom stereocenters. The van der Waals surface area contributed by atoms with E-state index in [2.05, 4.69) is 4.72 Å². The maximum Gasteiger partial charge on any atom is 0.258 e. The number of nitrogens with one attached hydrogen (secondary N) is 1. The Hall–Kier alpha value is -3.59. The molecule has 3 aromatic carbocycles. The molecular weight excluding hydrogens is 435 g/mol. The predicted octanol–water partition coefficient (Wildman–Crippen LogP) is 3.78. The van der Waals surface area contributed by atoms with Crippen LogP contribution in [0.2, 0.25) is 0 Å². The molecule has 0 fully saturated rings. The van der Waals surface area contributed by atoms with Crippen LogP contribution in [0.15, 0.2) is 54.6 Å². The van der Waals surface area contributed by atoms with Gasteiger partial charge in [0.2, 0.25) is 10.0 Å². The van der Waals surface area contributed by atoms with E-state index in [1.54, 1.807) is 30.3 Å². The highest BCUT2D eigenvalue weighted by molar-refractivity contribution is 7.92. The number of para-hydroxylation sites is 1. The van der Waals surface area contributed by atoms with Crippen LogP contribution < -0.4 is 14.4 Å². The third-order valence-electron chi connectivity index (χ3n) is 5.25. The van der Waals surface area contributed by atoms with E-state index in [-0.39, 0.29) is 23.1 Å². The molecular formula is C23H21FN2O5S. The van der Waals surface area contributed by atoms with Crippen molar-refractivity contribution >= 4 is 27.3 Å². The minimum Gasteiger partial charge on any atom is -0.506 e. The van der Waals surface area contributed by atoms with Gasteiger partial charge in [0.1, 0.15) is 5.75 Å². The normalized spacial score (nSPS) is 13.6. The quantitative estimate of drug-likeness (QED) is 0.570. The summed E-state index contributed by atoms with van der Waals surface area (Å²) in [6.07, 6.45) is 1.52. The Morgan fingerprint density at radius 2 is 1.88 bits per heavy atom. The van der Waals surface area contributed by atoms with Crippen molar-refractivity contribution in [2.45, 2.75) is 6.42 Å². The standard InChI is InChI=1S/C23H21FN2O5S/c1-31-22-17(4-3-5-19(22)24)14-6-8-18-15(12-14)10-11-26(23(18)28)16-7-9-21(27)20(13-16)25-32(2,29)30/h3-9,12-13,25,27H,10-11H2,1-2H3. The Labute approximate surface area is 185 Å². The second kappa shape index (κ2) is 8.16. The average Bonchev–Trinajstić information content (AvgIpc) is 2.74. The molecule has 2 N–H and O–H groups in total. The van der Waals surface area contributed by atoms with Crippen molar-refractivity contribution in [3.8, 4) is 22.6 Å². The first-order valence-electron chi connectivity index (χ1n) is 9.76. The number of fused-ring (bicyclic) bond motifs is 1. The highest BCUT2D eigenvalue weighted by Gasteiger charge is 2.27. The van der Waals surface area contributed by atoms with Gasteiger partial charge in [-0.15, -0.1) is 0 Å². The number of rotatable bonds is 5. The van der Waals surface area contributed by atoms with E-state index in [9.17, 15) is 22.7 Å². The molecule has 0 aliphatic carbocycles. The molecule has 1 aliphatic rings. The van der Waals surface area contributed by atoms with Crippen molar-refractivity contribution in [3.63, 3.8) is 0 Å². The number of phenols is 1. The van der Waals surface area contributed by atoms with E-state index in [1.807, 2.05) is 6.07 Å². The lowest BCUT2D eigenvalue weighted by molar-refractivity contribution is 0.0980. The van der Waals surface area contributed by atoms with Gasteiger partial charge in [0.05, 0.1) is 19.1 Å². The van der Waals surface area contributed by atoms with Crippen LogP contribution in [0.25, 0.3) is 11.1 Å². The largest absolute Gasteiger partial charge is 0.506 e. The number of hydrogen-bond acceptors (Lipinski definition) is 5. The van der Waals surface area contributed by atoms with E-state index >= 15 is 0 Å². The summed E-state index contributed by atoms with van der Waals surface area (Å²) in [5, 5.41) is 9.95. The fourth-order valence-corrected chi connectivity index (χ4v) is 4.38. The van der Waals surface area contributed by atoms with Gasteiger partial charge in [0.15, 0.2) is 11.6 Å².